The molecule has 2 bridgehead atoms. The van der Waals surface area contributed by atoms with Gasteiger partial charge in [0.1, 0.15) is 5.75 Å². The minimum Gasteiger partial charge on any atom is -0.492 e. The Hall–Kier alpha value is -2.71. The van der Waals surface area contributed by atoms with Gasteiger partial charge in [-0.15, -0.1) is 11.8 Å². The van der Waals surface area contributed by atoms with E-state index in [1.54, 1.807) is 11.8 Å². The van der Waals surface area contributed by atoms with E-state index in [0.29, 0.717) is 29.6 Å². The summed E-state index contributed by atoms with van der Waals surface area (Å²) in [5.74, 6) is 1.39. The number of carbonyl (C=O) groups is 2. The molecule has 174 valence electrons. The van der Waals surface area contributed by atoms with Crippen LogP contribution in [0.2, 0.25) is 0 Å². The van der Waals surface area contributed by atoms with Gasteiger partial charge in [0, 0.05) is 23.2 Å². The van der Waals surface area contributed by atoms with E-state index in [4.69, 9.17) is 4.74 Å². The number of piperidine rings is 3. The molecule has 1 unspecified atom stereocenters. The van der Waals surface area contributed by atoms with Gasteiger partial charge in [0.15, 0.2) is 0 Å². The van der Waals surface area contributed by atoms with Gasteiger partial charge in [-0.05, 0) is 75.0 Å². The quantitative estimate of drug-likeness (QED) is 0.600. The Labute approximate surface area is 198 Å². The summed E-state index contributed by atoms with van der Waals surface area (Å²) in [5.41, 5.74) is 2.48. The van der Waals surface area contributed by atoms with Crippen LogP contribution >= 0.6 is 11.8 Å². The highest BCUT2D eigenvalue weighted by Gasteiger charge is 2.37. The highest BCUT2D eigenvalue weighted by Crippen LogP contribution is 2.39. The third-order valence-electron chi connectivity index (χ3n) is 6.71. The van der Waals surface area contributed by atoms with Crippen LogP contribution in [0.5, 0.6) is 5.75 Å². The van der Waals surface area contributed by atoms with E-state index >= 15 is 0 Å². The van der Waals surface area contributed by atoms with Gasteiger partial charge in [-0.3, -0.25) is 4.79 Å². The number of para-hydroxylation sites is 2. The zero-order chi connectivity index (χ0) is 22.8. The maximum Gasteiger partial charge on any atom is 0.323 e. The van der Waals surface area contributed by atoms with Crippen molar-refractivity contribution < 1.29 is 14.3 Å². The normalized spacial score (nSPS) is 25.2. The third-order valence-corrected chi connectivity index (χ3v) is 8.01. The molecule has 2 aromatic rings. The molecule has 2 aromatic carbocycles. The number of anilines is 2. The number of nitrogens with zero attached hydrogens (tertiary/aromatic N) is 1. The second kappa shape index (κ2) is 9.65. The Bertz CT molecular complexity index is 1040. The zero-order valence-electron chi connectivity index (χ0n) is 18.8. The Kier molecular flexibility index (Phi) is 6.46. The number of nitrogens with one attached hydrogen (secondary N) is 3. The number of hydrogen-bond donors (Lipinski definition) is 3. The van der Waals surface area contributed by atoms with Crippen LogP contribution in [0.3, 0.4) is 0 Å². The van der Waals surface area contributed by atoms with Gasteiger partial charge in [0.2, 0.25) is 5.91 Å². The zero-order valence-corrected chi connectivity index (χ0v) is 19.6. The molecule has 33 heavy (non-hydrogen) atoms. The molecular formula is C25H30N4O3S. The average molecular weight is 467 g/mol. The molecule has 8 heteroatoms. The van der Waals surface area contributed by atoms with Gasteiger partial charge in [0.25, 0.3) is 0 Å². The SMILES string of the molecule is CCOc1ccccc1NC(=O)Nc1ccc2c(c1)SC(C(=O)N[C@H]1CN3CCC1CC3)C2. The first-order valence-corrected chi connectivity index (χ1v) is 12.6. The van der Waals surface area contributed by atoms with E-state index in [0.717, 1.165) is 23.4 Å². The Morgan fingerprint density at radius 3 is 2.70 bits per heavy atom. The number of hydrogen-bond acceptors (Lipinski definition) is 5. The van der Waals surface area contributed by atoms with E-state index in [1.807, 2.05) is 49.4 Å². The molecule has 4 aliphatic rings. The fourth-order valence-electron chi connectivity index (χ4n) is 4.99. The molecule has 3 saturated heterocycles. The van der Waals surface area contributed by atoms with Gasteiger partial charge >= 0.3 is 6.03 Å². The summed E-state index contributed by atoms with van der Waals surface area (Å²) in [5, 5.41) is 8.95. The summed E-state index contributed by atoms with van der Waals surface area (Å²) in [6.07, 6.45) is 3.10. The second-order valence-electron chi connectivity index (χ2n) is 8.89. The number of urea groups is 1. The lowest BCUT2D eigenvalue weighted by molar-refractivity contribution is -0.122. The average Bonchev–Trinajstić information content (AvgIpc) is 3.25. The molecule has 3 N–H and O–H groups in total. The van der Waals surface area contributed by atoms with Gasteiger partial charge in [0.05, 0.1) is 17.5 Å². The molecule has 4 heterocycles. The predicted molar refractivity (Wildman–Crippen MR) is 131 cm³/mol. The smallest absolute Gasteiger partial charge is 0.323 e. The van der Waals surface area contributed by atoms with Crippen LogP contribution in [0.1, 0.15) is 25.3 Å². The van der Waals surface area contributed by atoms with Crippen molar-refractivity contribution in [3.8, 4) is 5.75 Å². The van der Waals surface area contributed by atoms with E-state index < -0.39 is 0 Å². The van der Waals surface area contributed by atoms with Crippen LogP contribution in [-0.2, 0) is 11.2 Å². The highest BCUT2D eigenvalue weighted by atomic mass is 32.2. The summed E-state index contributed by atoms with van der Waals surface area (Å²) in [4.78, 5) is 29.0. The number of fused-ring (bicyclic) bond motifs is 4. The summed E-state index contributed by atoms with van der Waals surface area (Å²) >= 11 is 1.59. The van der Waals surface area contributed by atoms with Crippen LogP contribution < -0.4 is 20.7 Å². The van der Waals surface area contributed by atoms with E-state index in [9.17, 15) is 9.59 Å². The molecule has 0 saturated carbocycles. The first-order valence-electron chi connectivity index (χ1n) is 11.7. The monoisotopic (exact) mass is 466 g/mol. The standard InChI is InChI=1S/C25H30N4O3S/c1-2-32-21-6-4-3-5-19(21)28-25(31)26-18-8-7-17-13-23(33-22(17)14-18)24(30)27-20-15-29-11-9-16(20)10-12-29/h3-8,14,16,20,23H,2,9-13,15H2,1H3,(H,27,30)(H2,26,28,31)/t20-,23?/m0/s1. The Balaban J connectivity index is 1.18. The molecule has 0 aliphatic carbocycles. The number of benzene rings is 2. The summed E-state index contributed by atoms with van der Waals surface area (Å²) in [6, 6.07) is 13.2. The Morgan fingerprint density at radius 2 is 1.94 bits per heavy atom. The van der Waals surface area contributed by atoms with E-state index in [1.165, 1.54) is 25.9 Å². The fraction of sp³-hybridized carbons (Fsp3) is 0.440. The molecule has 4 aliphatic heterocycles. The summed E-state index contributed by atoms with van der Waals surface area (Å²) in [7, 11) is 0. The molecule has 0 radical (unpaired) electrons. The number of carbonyl (C=O) groups excluding carboxylic acids is 2. The van der Waals surface area contributed by atoms with Crippen LogP contribution in [0.25, 0.3) is 0 Å². The van der Waals surface area contributed by atoms with E-state index in [-0.39, 0.29) is 23.2 Å². The number of amides is 3. The molecule has 7 nitrogen and oxygen atoms in total. The lowest BCUT2D eigenvalue weighted by Crippen LogP contribution is -2.58. The number of rotatable bonds is 6. The molecule has 0 spiro atoms. The number of ether oxygens (including phenoxy) is 1. The van der Waals surface area contributed by atoms with Crippen LogP contribution in [0.15, 0.2) is 47.4 Å². The maximum atomic E-state index is 13.0. The molecular weight excluding hydrogens is 436 g/mol. The molecule has 0 aromatic heterocycles. The summed E-state index contributed by atoms with van der Waals surface area (Å²) in [6.45, 7) is 5.75. The van der Waals surface area contributed by atoms with Crippen molar-refractivity contribution in [2.45, 2.75) is 42.4 Å². The van der Waals surface area contributed by atoms with Gasteiger partial charge in [-0.1, -0.05) is 18.2 Å². The molecule has 3 fully saturated rings. The molecule has 3 amide bonds. The van der Waals surface area contributed by atoms with Gasteiger partial charge < -0.3 is 25.6 Å². The minimum atomic E-state index is -0.332. The van der Waals surface area contributed by atoms with Crippen molar-refractivity contribution in [1.82, 2.24) is 10.2 Å². The van der Waals surface area contributed by atoms with Crippen LogP contribution in [0.4, 0.5) is 16.2 Å². The summed E-state index contributed by atoms with van der Waals surface area (Å²) < 4.78 is 5.57. The lowest BCUT2D eigenvalue weighted by atomic mass is 9.84. The predicted octanol–water partition coefficient (Wildman–Crippen LogP) is 3.96. The lowest BCUT2D eigenvalue weighted by Gasteiger charge is -2.45. The van der Waals surface area contributed by atoms with Crippen molar-refractivity contribution in [3.05, 3.63) is 48.0 Å². The largest absolute Gasteiger partial charge is 0.492 e. The first-order chi connectivity index (χ1) is 16.1. The Morgan fingerprint density at radius 1 is 1.12 bits per heavy atom. The van der Waals surface area contributed by atoms with Crippen molar-refractivity contribution >= 4 is 35.1 Å². The first kappa shape index (κ1) is 22.1. The fourth-order valence-corrected chi connectivity index (χ4v) is 6.23. The van der Waals surface area contributed by atoms with Gasteiger partial charge in [-0.25, -0.2) is 4.79 Å². The minimum absolute atomic E-state index is 0.113. The second-order valence-corrected chi connectivity index (χ2v) is 10.1. The highest BCUT2D eigenvalue weighted by molar-refractivity contribution is 8.01. The topological polar surface area (TPSA) is 82.7 Å². The molecule has 2 atom stereocenters. The number of thioether (sulfide) groups is 1. The van der Waals surface area contributed by atoms with Crippen molar-refractivity contribution in [2.75, 3.05) is 36.9 Å². The van der Waals surface area contributed by atoms with E-state index in [2.05, 4.69) is 20.9 Å². The van der Waals surface area contributed by atoms with Crippen molar-refractivity contribution in [3.63, 3.8) is 0 Å². The van der Waals surface area contributed by atoms with Gasteiger partial charge in [-0.2, -0.15) is 0 Å². The van der Waals surface area contributed by atoms with Crippen LogP contribution in [-0.4, -0.2) is 54.4 Å². The van der Waals surface area contributed by atoms with Crippen LogP contribution in [0, 0.1) is 5.92 Å². The van der Waals surface area contributed by atoms with Crippen molar-refractivity contribution in [1.29, 1.82) is 0 Å². The maximum absolute atomic E-state index is 13.0. The van der Waals surface area contributed by atoms with Crippen molar-refractivity contribution in [2.24, 2.45) is 5.92 Å². The molecule has 6 rings (SSSR count). The third kappa shape index (κ3) is 4.96.